The summed E-state index contributed by atoms with van der Waals surface area (Å²) in [5, 5.41) is 3.60. The monoisotopic (exact) mass is 309 g/mol. The Bertz CT molecular complexity index is 536. The fourth-order valence-corrected chi connectivity index (χ4v) is 3.42. The molecule has 1 atom stereocenters. The molecule has 2 nitrogen and oxygen atoms in total. The zero-order valence-corrected chi connectivity index (χ0v) is 14.0. The summed E-state index contributed by atoms with van der Waals surface area (Å²) < 4.78 is 6.46. The first-order valence-electron chi connectivity index (χ1n) is 8.77. The van der Waals surface area contributed by atoms with Crippen LogP contribution in [0.1, 0.15) is 43.7 Å². The van der Waals surface area contributed by atoms with Crippen LogP contribution in [-0.2, 0) is 10.3 Å². The highest BCUT2D eigenvalue weighted by Gasteiger charge is 2.29. The number of nitrogens with one attached hydrogen (secondary N) is 1. The quantitative estimate of drug-likeness (QED) is 0.848. The van der Waals surface area contributed by atoms with E-state index in [0.29, 0.717) is 6.04 Å². The van der Waals surface area contributed by atoms with Gasteiger partial charge in [0.25, 0.3) is 0 Å². The molecule has 122 valence electrons. The largest absolute Gasteiger partial charge is 0.366 e. The van der Waals surface area contributed by atoms with Crippen LogP contribution in [0.3, 0.4) is 0 Å². The van der Waals surface area contributed by atoms with Crippen LogP contribution in [0.4, 0.5) is 0 Å². The molecule has 3 rings (SSSR count). The predicted octanol–water partition coefficient (Wildman–Crippen LogP) is 4.50. The molecule has 0 spiro atoms. The van der Waals surface area contributed by atoms with Crippen LogP contribution in [0, 0.1) is 0 Å². The fraction of sp³-hybridized carbons (Fsp3) is 0.429. The predicted molar refractivity (Wildman–Crippen MR) is 95.5 cm³/mol. The molecule has 0 saturated carbocycles. The van der Waals surface area contributed by atoms with Crippen molar-refractivity contribution < 1.29 is 4.74 Å². The first-order chi connectivity index (χ1) is 11.3. The van der Waals surface area contributed by atoms with E-state index in [1.54, 1.807) is 0 Å². The van der Waals surface area contributed by atoms with Crippen molar-refractivity contribution in [2.75, 3.05) is 13.2 Å². The average molecular weight is 309 g/mol. The van der Waals surface area contributed by atoms with Crippen LogP contribution in [0.5, 0.6) is 0 Å². The van der Waals surface area contributed by atoms with Gasteiger partial charge in [0.1, 0.15) is 5.60 Å². The Balaban J connectivity index is 1.73. The van der Waals surface area contributed by atoms with Crippen molar-refractivity contribution in [3.05, 3.63) is 71.8 Å². The summed E-state index contributed by atoms with van der Waals surface area (Å²) in [5.41, 5.74) is 2.03. The van der Waals surface area contributed by atoms with E-state index in [9.17, 15) is 0 Å². The van der Waals surface area contributed by atoms with Gasteiger partial charge in [-0.3, -0.25) is 0 Å². The number of ether oxygens (including phenoxy) is 1. The molecule has 0 amide bonds. The Morgan fingerprint density at radius 3 is 2.09 bits per heavy atom. The van der Waals surface area contributed by atoms with Gasteiger partial charge < -0.3 is 10.1 Å². The van der Waals surface area contributed by atoms with Crippen LogP contribution in [-0.4, -0.2) is 19.2 Å². The van der Waals surface area contributed by atoms with Crippen molar-refractivity contribution in [2.45, 2.75) is 44.2 Å². The highest BCUT2D eigenvalue weighted by Crippen LogP contribution is 2.33. The van der Waals surface area contributed by atoms with Crippen molar-refractivity contribution in [2.24, 2.45) is 0 Å². The van der Waals surface area contributed by atoms with E-state index in [0.717, 1.165) is 19.6 Å². The van der Waals surface area contributed by atoms with E-state index >= 15 is 0 Å². The van der Waals surface area contributed by atoms with Crippen LogP contribution in [0.2, 0.25) is 0 Å². The molecule has 23 heavy (non-hydrogen) atoms. The Labute approximate surface area is 139 Å². The van der Waals surface area contributed by atoms with Crippen molar-refractivity contribution in [3.8, 4) is 0 Å². The van der Waals surface area contributed by atoms with E-state index < -0.39 is 5.60 Å². The molecule has 1 saturated heterocycles. The molecule has 0 radical (unpaired) electrons. The van der Waals surface area contributed by atoms with Gasteiger partial charge in [0.05, 0.1) is 0 Å². The number of hydrogen-bond acceptors (Lipinski definition) is 2. The fourth-order valence-electron chi connectivity index (χ4n) is 3.42. The summed E-state index contributed by atoms with van der Waals surface area (Å²) in [6, 6.07) is 21.7. The maximum atomic E-state index is 6.46. The maximum Gasteiger partial charge on any atom is 0.115 e. The molecule has 1 aliphatic heterocycles. The third-order valence-electron chi connectivity index (χ3n) is 4.92. The standard InChI is InChI=1S/C21H27NO/c1-21(18-10-4-2-5-11-18,19-12-6-3-7-13-19)23-17-15-20-14-8-9-16-22-20/h2-7,10-13,20,22H,8-9,14-17H2,1H3. The van der Waals surface area contributed by atoms with Crippen LogP contribution in [0.25, 0.3) is 0 Å². The summed E-state index contributed by atoms with van der Waals surface area (Å²) >= 11 is 0. The second-order valence-corrected chi connectivity index (χ2v) is 6.55. The zero-order valence-electron chi connectivity index (χ0n) is 14.0. The highest BCUT2D eigenvalue weighted by molar-refractivity contribution is 5.35. The highest BCUT2D eigenvalue weighted by atomic mass is 16.5. The summed E-state index contributed by atoms with van der Waals surface area (Å²) in [4.78, 5) is 0. The summed E-state index contributed by atoms with van der Waals surface area (Å²) in [5.74, 6) is 0. The minimum atomic E-state index is -0.392. The Morgan fingerprint density at radius 2 is 1.57 bits per heavy atom. The topological polar surface area (TPSA) is 21.3 Å². The molecular formula is C21H27NO. The summed E-state index contributed by atoms with van der Waals surface area (Å²) in [7, 11) is 0. The molecule has 2 aromatic rings. The lowest BCUT2D eigenvalue weighted by Crippen LogP contribution is -2.36. The van der Waals surface area contributed by atoms with E-state index in [2.05, 4.69) is 72.9 Å². The molecule has 0 bridgehead atoms. The van der Waals surface area contributed by atoms with E-state index in [-0.39, 0.29) is 0 Å². The van der Waals surface area contributed by atoms with E-state index in [4.69, 9.17) is 4.74 Å². The van der Waals surface area contributed by atoms with Gasteiger partial charge in [-0.05, 0) is 43.9 Å². The van der Waals surface area contributed by atoms with Crippen LogP contribution in [0.15, 0.2) is 60.7 Å². The van der Waals surface area contributed by atoms with Gasteiger partial charge in [0.2, 0.25) is 0 Å². The van der Waals surface area contributed by atoms with Crippen molar-refractivity contribution in [1.29, 1.82) is 0 Å². The van der Waals surface area contributed by atoms with Crippen molar-refractivity contribution in [3.63, 3.8) is 0 Å². The van der Waals surface area contributed by atoms with Gasteiger partial charge in [-0.25, -0.2) is 0 Å². The van der Waals surface area contributed by atoms with Crippen LogP contribution >= 0.6 is 0 Å². The molecule has 1 fully saturated rings. The second kappa shape index (κ2) is 7.76. The number of piperidine rings is 1. The molecule has 1 aliphatic rings. The third-order valence-corrected chi connectivity index (χ3v) is 4.92. The molecule has 1 heterocycles. The first-order valence-corrected chi connectivity index (χ1v) is 8.77. The minimum Gasteiger partial charge on any atom is -0.366 e. The van der Waals surface area contributed by atoms with Crippen LogP contribution < -0.4 is 5.32 Å². The molecular weight excluding hydrogens is 282 g/mol. The SMILES string of the molecule is CC(OCCC1CCCCN1)(c1ccccc1)c1ccccc1. The Kier molecular flexibility index (Phi) is 5.47. The molecule has 0 aromatic heterocycles. The van der Waals surface area contributed by atoms with Crippen molar-refractivity contribution in [1.82, 2.24) is 5.32 Å². The molecule has 0 aliphatic carbocycles. The Morgan fingerprint density at radius 1 is 0.957 bits per heavy atom. The number of rotatable bonds is 6. The van der Waals surface area contributed by atoms with Gasteiger partial charge in [-0.1, -0.05) is 67.1 Å². The number of benzene rings is 2. The maximum absolute atomic E-state index is 6.46. The van der Waals surface area contributed by atoms with E-state index in [1.807, 2.05) is 0 Å². The minimum absolute atomic E-state index is 0.392. The van der Waals surface area contributed by atoms with Gasteiger partial charge in [0, 0.05) is 12.6 Å². The smallest absolute Gasteiger partial charge is 0.115 e. The molecule has 2 heteroatoms. The number of hydrogen-bond donors (Lipinski definition) is 1. The van der Waals surface area contributed by atoms with Gasteiger partial charge in [0.15, 0.2) is 0 Å². The average Bonchev–Trinajstić information content (AvgIpc) is 2.64. The molecule has 1 N–H and O–H groups in total. The van der Waals surface area contributed by atoms with Gasteiger partial charge in [-0.15, -0.1) is 0 Å². The zero-order chi connectivity index (χ0) is 16.0. The lowest BCUT2D eigenvalue weighted by molar-refractivity contribution is -0.00941. The Hall–Kier alpha value is -1.64. The normalized spacial score (nSPS) is 18.7. The molecule has 1 unspecified atom stereocenters. The summed E-state index contributed by atoms with van der Waals surface area (Å²) in [6.45, 7) is 4.11. The van der Waals surface area contributed by atoms with Gasteiger partial charge in [-0.2, -0.15) is 0 Å². The van der Waals surface area contributed by atoms with Crippen molar-refractivity contribution >= 4 is 0 Å². The summed E-state index contributed by atoms with van der Waals surface area (Å²) in [6.07, 6.45) is 5.00. The van der Waals surface area contributed by atoms with E-state index in [1.165, 1.54) is 30.4 Å². The third kappa shape index (κ3) is 4.01. The first kappa shape index (κ1) is 16.2. The van der Waals surface area contributed by atoms with Gasteiger partial charge >= 0.3 is 0 Å². The lowest BCUT2D eigenvalue weighted by atomic mass is 9.88. The molecule has 2 aromatic carbocycles. The second-order valence-electron chi connectivity index (χ2n) is 6.55. The lowest BCUT2D eigenvalue weighted by Gasteiger charge is -2.32.